The molecule has 1 aliphatic heterocycles. The van der Waals surface area contributed by atoms with Crippen LogP contribution in [0.4, 0.5) is 0 Å². The molecule has 0 bridgehead atoms. The molecule has 1 aromatic carbocycles. The molecule has 27 heavy (non-hydrogen) atoms. The fourth-order valence-electron chi connectivity index (χ4n) is 3.59. The Morgan fingerprint density at radius 1 is 1.22 bits per heavy atom. The molecule has 4 rings (SSSR count). The summed E-state index contributed by atoms with van der Waals surface area (Å²) in [5, 5.41) is 0. The number of aromatic nitrogens is 4. The van der Waals surface area contributed by atoms with Gasteiger partial charge in [0.25, 0.3) is 11.5 Å². The highest BCUT2D eigenvalue weighted by Crippen LogP contribution is 2.27. The summed E-state index contributed by atoms with van der Waals surface area (Å²) in [6.07, 6.45) is 8.24. The van der Waals surface area contributed by atoms with Gasteiger partial charge >= 0.3 is 0 Å². The molecule has 7 nitrogen and oxygen atoms in total. The second-order valence-corrected chi connectivity index (χ2v) is 6.79. The van der Waals surface area contributed by atoms with Crippen LogP contribution in [-0.4, -0.2) is 43.4 Å². The van der Waals surface area contributed by atoms with E-state index in [4.69, 9.17) is 0 Å². The molecule has 3 aromatic rings. The van der Waals surface area contributed by atoms with E-state index in [-0.39, 0.29) is 23.1 Å². The van der Waals surface area contributed by atoms with Crippen LogP contribution in [0.3, 0.4) is 0 Å². The molecular weight excluding hydrogens is 342 g/mol. The molecule has 1 N–H and O–H groups in total. The number of benzene rings is 1. The largest absolute Gasteiger partial charge is 0.337 e. The Morgan fingerprint density at radius 3 is 2.85 bits per heavy atom. The Morgan fingerprint density at radius 2 is 2.07 bits per heavy atom. The van der Waals surface area contributed by atoms with Crippen molar-refractivity contribution in [3.05, 3.63) is 82.6 Å². The van der Waals surface area contributed by atoms with E-state index in [0.29, 0.717) is 13.1 Å². The average Bonchev–Trinajstić information content (AvgIpc) is 3.17. The van der Waals surface area contributed by atoms with Crippen molar-refractivity contribution in [3.63, 3.8) is 0 Å². The molecule has 2 aromatic heterocycles. The first-order chi connectivity index (χ1) is 13.2. The first-order valence-corrected chi connectivity index (χ1v) is 9.09. The lowest BCUT2D eigenvalue weighted by molar-refractivity contribution is 0.0697. The van der Waals surface area contributed by atoms with E-state index in [1.54, 1.807) is 4.90 Å². The number of aromatic amines is 1. The van der Waals surface area contributed by atoms with Crippen molar-refractivity contribution in [1.82, 2.24) is 24.4 Å². The molecule has 138 valence electrons. The summed E-state index contributed by atoms with van der Waals surface area (Å²) in [5.41, 5.74) is 1.17. The maximum Gasteiger partial charge on any atom is 0.273 e. The van der Waals surface area contributed by atoms with Crippen LogP contribution in [0.2, 0.25) is 0 Å². The van der Waals surface area contributed by atoms with E-state index in [1.807, 2.05) is 30.6 Å². The van der Waals surface area contributed by atoms with Gasteiger partial charge in [0.05, 0.1) is 6.20 Å². The van der Waals surface area contributed by atoms with Crippen molar-refractivity contribution in [2.75, 3.05) is 13.1 Å². The molecule has 0 aliphatic carbocycles. The molecule has 7 heteroatoms. The third-order valence-corrected chi connectivity index (χ3v) is 4.91. The standard InChI is InChI=1S/C20H21N5O2/c26-18-12-22-17(11-23-18)20(27)25-9-4-7-16(14-25)19-21-8-10-24(19)13-15-5-2-1-3-6-15/h1-3,5-6,8,10-12,16H,4,7,9,13-14H2,(H,23,26)/t16-/m1/s1. The maximum absolute atomic E-state index is 12.7. The Bertz CT molecular complexity index is 959. The van der Waals surface area contributed by atoms with Gasteiger partial charge in [-0.1, -0.05) is 30.3 Å². The van der Waals surface area contributed by atoms with Crippen LogP contribution < -0.4 is 5.56 Å². The summed E-state index contributed by atoms with van der Waals surface area (Å²) in [4.78, 5) is 36.7. The lowest BCUT2D eigenvalue weighted by Crippen LogP contribution is -2.40. The minimum absolute atomic E-state index is 0.155. The van der Waals surface area contributed by atoms with Gasteiger partial charge < -0.3 is 14.5 Å². The number of carbonyl (C=O) groups excluding carboxylic acids is 1. The smallest absolute Gasteiger partial charge is 0.273 e. The molecule has 0 saturated carbocycles. The minimum Gasteiger partial charge on any atom is -0.337 e. The second kappa shape index (κ2) is 7.57. The van der Waals surface area contributed by atoms with E-state index >= 15 is 0 Å². The van der Waals surface area contributed by atoms with Crippen LogP contribution >= 0.6 is 0 Å². The lowest BCUT2D eigenvalue weighted by atomic mass is 9.96. The molecule has 0 radical (unpaired) electrons. The molecule has 1 atom stereocenters. The van der Waals surface area contributed by atoms with E-state index in [9.17, 15) is 9.59 Å². The van der Waals surface area contributed by atoms with Gasteiger partial charge in [0.15, 0.2) is 0 Å². The Kier molecular flexibility index (Phi) is 4.82. The Balaban J connectivity index is 1.50. The third kappa shape index (κ3) is 3.81. The number of nitrogens with zero attached hydrogens (tertiary/aromatic N) is 4. The first-order valence-electron chi connectivity index (χ1n) is 9.09. The quantitative estimate of drug-likeness (QED) is 0.769. The van der Waals surface area contributed by atoms with Crippen LogP contribution in [0.25, 0.3) is 0 Å². The van der Waals surface area contributed by atoms with Gasteiger partial charge in [-0.05, 0) is 18.4 Å². The molecule has 1 aliphatic rings. The Hall–Kier alpha value is -3.22. The van der Waals surface area contributed by atoms with Gasteiger partial charge in [0, 0.05) is 44.1 Å². The van der Waals surface area contributed by atoms with Crippen molar-refractivity contribution in [2.24, 2.45) is 0 Å². The topological polar surface area (TPSA) is 83.9 Å². The monoisotopic (exact) mass is 363 g/mol. The number of hydrogen-bond acceptors (Lipinski definition) is 4. The fraction of sp³-hybridized carbons (Fsp3) is 0.300. The minimum atomic E-state index is -0.314. The number of imidazole rings is 1. The zero-order chi connectivity index (χ0) is 18.6. The highest BCUT2D eigenvalue weighted by molar-refractivity contribution is 5.92. The van der Waals surface area contributed by atoms with E-state index < -0.39 is 0 Å². The molecule has 0 unspecified atom stereocenters. The second-order valence-electron chi connectivity index (χ2n) is 6.79. The van der Waals surface area contributed by atoms with Crippen LogP contribution in [0, 0.1) is 0 Å². The van der Waals surface area contributed by atoms with Crippen molar-refractivity contribution in [2.45, 2.75) is 25.3 Å². The van der Waals surface area contributed by atoms with Crippen molar-refractivity contribution in [3.8, 4) is 0 Å². The van der Waals surface area contributed by atoms with Crippen molar-refractivity contribution >= 4 is 5.91 Å². The molecular formula is C20H21N5O2. The van der Waals surface area contributed by atoms with E-state index in [2.05, 4.69) is 31.7 Å². The zero-order valence-electron chi connectivity index (χ0n) is 14.9. The number of nitrogens with one attached hydrogen (secondary N) is 1. The summed E-state index contributed by atoms with van der Waals surface area (Å²) in [5.74, 6) is 1.03. The number of H-pyrrole nitrogens is 1. The van der Waals surface area contributed by atoms with Gasteiger partial charge in [-0.25, -0.2) is 9.97 Å². The van der Waals surface area contributed by atoms with Crippen LogP contribution in [0.15, 0.2) is 59.9 Å². The SMILES string of the molecule is O=C(c1c[nH]c(=O)cn1)N1CCC[C@@H](c2nccn2Cc2ccccc2)C1. The van der Waals surface area contributed by atoms with Gasteiger partial charge in [0.2, 0.25) is 0 Å². The number of rotatable bonds is 4. The molecule has 1 amide bonds. The van der Waals surface area contributed by atoms with Gasteiger partial charge in [-0.2, -0.15) is 0 Å². The molecule has 1 fully saturated rings. The normalized spacial score (nSPS) is 17.0. The van der Waals surface area contributed by atoms with Crippen molar-refractivity contribution in [1.29, 1.82) is 0 Å². The first kappa shape index (κ1) is 17.2. The van der Waals surface area contributed by atoms with E-state index in [0.717, 1.165) is 31.4 Å². The number of likely N-dealkylation sites (tertiary alicyclic amines) is 1. The number of hydrogen-bond donors (Lipinski definition) is 1. The molecule has 1 saturated heterocycles. The van der Waals surface area contributed by atoms with Gasteiger partial charge in [0.1, 0.15) is 11.5 Å². The summed E-state index contributed by atoms with van der Waals surface area (Å²) >= 11 is 0. The van der Waals surface area contributed by atoms with Crippen LogP contribution in [-0.2, 0) is 6.54 Å². The zero-order valence-corrected chi connectivity index (χ0v) is 14.9. The average molecular weight is 363 g/mol. The third-order valence-electron chi connectivity index (χ3n) is 4.91. The van der Waals surface area contributed by atoms with E-state index in [1.165, 1.54) is 11.8 Å². The summed E-state index contributed by atoms with van der Waals surface area (Å²) < 4.78 is 2.16. The summed E-state index contributed by atoms with van der Waals surface area (Å²) in [6.45, 7) is 2.06. The summed E-state index contributed by atoms with van der Waals surface area (Å²) in [6, 6.07) is 10.3. The fourth-order valence-corrected chi connectivity index (χ4v) is 3.59. The highest BCUT2D eigenvalue weighted by Gasteiger charge is 2.28. The molecule has 0 spiro atoms. The Labute approximate surface area is 156 Å². The highest BCUT2D eigenvalue weighted by atomic mass is 16.2. The van der Waals surface area contributed by atoms with Gasteiger partial charge in [-0.3, -0.25) is 9.59 Å². The number of amides is 1. The van der Waals surface area contributed by atoms with Crippen LogP contribution in [0.5, 0.6) is 0 Å². The van der Waals surface area contributed by atoms with Crippen molar-refractivity contribution < 1.29 is 4.79 Å². The number of carbonyl (C=O) groups is 1. The van der Waals surface area contributed by atoms with Crippen LogP contribution in [0.1, 0.15) is 40.6 Å². The number of piperidine rings is 1. The summed E-state index contributed by atoms with van der Waals surface area (Å²) in [7, 11) is 0. The molecule has 3 heterocycles. The maximum atomic E-state index is 12.7. The predicted octanol–water partition coefficient (Wildman–Crippen LogP) is 2.03. The predicted molar refractivity (Wildman–Crippen MR) is 101 cm³/mol. The lowest BCUT2D eigenvalue weighted by Gasteiger charge is -2.32. The van der Waals surface area contributed by atoms with Gasteiger partial charge in [-0.15, -0.1) is 0 Å².